The van der Waals surface area contributed by atoms with E-state index in [0.29, 0.717) is 19.2 Å². The Bertz CT molecular complexity index is 494. The standard InChI is InChI=1S/C13H16F2N2O2/c14-10-5-11(15)12(16)4-9(10)13(19)17-3-1-2-8(6-17)7-18/h4-5,8,18H,1-3,6-7,16H2. The van der Waals surface area contributed by atoms with Crippen molar-refractivity contribution in [1.29, 1.82) is 0 Å². The Labute approximate surface area is 109 Å². The summed E-state index contributed by atoms with van der Waals surface area (Å²) >= 11 is 0. The number of amides is 1. The third-order valence-corrected chi connectivity index (χ3v) is 3.38. The number of rotatable bonds is 2. The second-order valence-corrected chi connectivity index (χ2v) is 4.80. The molecule has 104 valence electrons. The fraction of sp³-hybridized carbons (Fsp3) is 0.462. The van der Waals surface area contributed by atoms with Gasteiger partial charge in [0, 0.05) is 25.8 Å². The van der Waals surface area contributed by atoms with E-state index >= 15 is 0 Å². The Hall–Kier alpha value is -1.69. The first-order chi connectivity index (χ1) is 9.02. The van der Waals surface area contributed by atoms with Crippen LogP contribution in [0.3, 0.4) is 0 Å². The lowest BCUT2D eigenvalue weighted by Gasteiger charge is -2.32. The summed E-state index contributed by atoms with van der Waals surface area (Å²) in [6, 6.07) is 1.64. The van der Waals surface area contributed by atoms with Crippen LogP contribution < -0.4 is 5.73 Å². The maximum absolute atomic E-state index is 13.6. The van der Waals surface area contributed by atoms with Crippen LogP contribution in [-0.2, 0) is 0 Å². The van der Waals surface area contributed by atoms with Gasteiger partial charge in [0.2, 0.25) is 0 Å². The number of anilines is 1. The molecule has 1 aliphatic heterocycles. The molecule has 1 atom stereocenters. The number of piperidine rings is 1. The topological polar surface area (TPSA) is 66.6 Å². The fourth-order valence-corrected chi connectivity index (χ4v) is 2.30. The number of benzene rings is 1. The summed E-state index contributed by atoms with van der Waals surface area (Å²) in [7, 11) is 0. The molecule has 1 aromatic rings. The van der Waals surface area contributed by atoms with Gasteiger partial charge in [0.25, 0.3) is 5.91 Å². The molecule has 0 aliphatic carbocycles. The molecular formula is C13H16F2N2O2. The predicted octanol–water partition coefficient (Wildman–Crippen LogP) is 1.39. The van der Waals surface area contributed by atoms with Crippen LogP contribution in [0.4, 0.5) is 14.5 Å². The first kappa shape index (κ1) is 13.7. The lowest BCUT2D eigenvalue weighted by atomic mass is 9.98. The average molecular weight is 270 g/mol. The van der Waals surface area contributed by atoms with Gasteiger partial charge >= 0.3 is 0 Å². The van der Waals surface area contributed by atoms with Crippen LogP contribution in [0.15, 0.2) is 12.1 Å². The second-order valence-electron chi connectivity index (χ2n) is 4.80. The van der Waals surface area contributed by atoms with Crippen molar-refractivity contribution in [2.45, 2.75) is 12.8 Å². The van der Waals surface area contributed by atoms with Gasteiger partial charge in [-0.3, -0.25) is 4.79 Å². The number of carbonyl (C=O) groups is 1. The zero-order valence-corrected chi connectivity index (χ0v) is 10.4. The molecule has 1 unspecified atom stereocenters. The number of aliphatic hydroxyl groups excluding tert-OH is 1. The maximum Gasteiger partial charge on any atom is 0.256 e. The van der Waals surface area contributed by atoms with Crippen LogP contribution >= 0.6 is 0 Å². The molecule has 0 bridgehead atoms. The lowest BCUT2D eigenvalue weighted by Crippen LogP contribution is -2.41. The lowest BCUT2D eigenvalue weighted by molar-refractivity contribution is 0.0616. The number of nitrogens with two attached hydrogens (primary N) is 1. The Morgan fingerprint density at radius 3 is 2.84 bits per heavy atom. The predicted molar refractivity (Wildman–Crippen MR) is 66.5 cm³/mol. The van der Waals surface area contributed by atoms with E-state index in [2.05, 4.69) is 0 Å². The van der Waals surface area contributed by atoms with Crippen LogP contribution in [0.5, 0.6) is 0 Å². The summed E-state index contributed by atoms with van der Waals surface area (Å²) in [5, 5.41) is 9.11. The summed E-state index contributed by atoms with van der Waals surface area (Å²) < 4.78 is 26.7. The molecule has 19 heavy (non-hydrogen) atoms. The number of carbonyl (C=O) groups excluding carboxylic acids is 1. The Morgan fingerprint density at radius 2 is 2.16 bits per heavy atom. The van der Waals surface area contributed by atoms with Crippen molar-refractivity contribution in [1.82, 2.24) is 4.90 Å². The molecule has 1 fully saturated rings. The number of aliphatic hydroxyl groups is 1. The molecule has 1 aromatic carbocycles. The first-order valence-electron chi connectivity index (χ1n) is 6.17. The third kappa shape index (κ3) is 2.84. The smallest absolute Gasteiger partial charge is 0.256 e. The largest absolute Gasteiger partial charge is 0.396 e. The van der Waals surface area contributed by atoms with Gasteiger partial charge < -0.3 is 15.7 Å². The SMILES string of the molecule is Nc1cc(C(=O)N2CCCC(CO)C2)c(F)cc1F. The van der Waals surface area contributed by atoms with E-state index in [-0.39, 0.29) is 23.8 Å². The van der Waals surface area contributed by atoms with Gasteiger partial charge in [0.15, 0.2) is 0 Å². The number of halogens is 2. The van der Waals surface area contributed by atoms with Crippen LogP contribution in [-0.4, -0.2) is 35.6 Å². The van der Waals surface area contributed by atoms with E-state index in [9.17, 15) is 13.6 Å². The highest BCUT2D eigenvalue weighted by Crippen LogP contribution is 2.22. The number of hydrogen-bond donors (Lipinski definition) is 2. The van der Waals surface area contributed by atoms with Crippen molar-refractivity contribution >= 4 is 11.6 Å². The molecule has 1 saturated heterocycles. The summed E-state index contributed by atoms with van der Waals surface area (Å²) in [5.41, 5.74) is 4.88. The average Bonchev–Trinajstić information content (AvgIpc) is 2.42. The second kappa shape index (κ2) is 5.52. The van der Waals surface area contributed by atoms with Crippen molar-refractivity contribution in [2.75, 3.05) is 25.4 Å². The zero-order chi connectivity index (χ0) is 14.0. The molecule has 0 saturated carbocycles. The maximum atomic E-state index is 13.6. The van der Waals surface area contributed by atoms with Gasteiger partial charge in [-0.15, -0.1) is 0 Å². The van der Waals surface area contributed by atoms with Gasteiger partial charge in [-0.2, -0.15) is 0 Å². The fourth-order valence-electron chi connectivity index (χ4n) is 2.30. The normalized spacial score (nSPS) is 19.5. The van der Waals surface area contributed by atoms with Gasteiger partial charge in [0.05, 0.1) is 11.3 Å². The van der Waals surface area contributed by atoms with Gasteiger partial charge in [-0.05, 0) is 24.8 Å². The zero-order valence-electron chi connectivity index (χ0n) is 10.4. The quantitative estimate of drug-likeness (QED) is 0.798. The van der Waals surface area contributed by atoms with Crippen molar-refractivity contribution in [3.05, 3.63) is 29.3 Å². The first-order valence-corrected chi connectivity index (χ1v) is 6.17. The molecule has 1 heterocycles. The highest BCUT2D eigenvalue weighted by molar-refractivity contribution is 5.95. The minimum absolute atomic E-state index is 0.00216. The van der Waals surface area contributed by atoms with Crippen molar-refractivity contribution in [2.24, 2.45) is 5.92 Å². The number of hydrogen-bond acceptors (Lipinski definition) is 3. The number of likely N-dealkylation sites (tertiary alicyclic amines) is 1. The molecule has 0 spiro atoms. The van der Waals surface area contributed by atoms with E-state index in [0.717, 1.165) is 18.9 Å². The summed E-state index contributed by atoms with van der Waals surface area (Å²) in [4.78, 5) is 13.6. The Balaban J connectivity index is 2.22. The summed E-state index contributed by atoms with van der Waals surface area (Å²) in [5.74, 6) is -2.29. The summed E-state index contributed by atoms with van der Waals surface area (Å²) in [6.45, 7) is 0.885. The minimum atomic E-state index is -0.914. The van der Waals surface area contributed by atoms with Crippen LogP contribution in [0.1, 0.15) is 23.2 Å². The van der Waals surface area contributed by atoms with E-state index < -0.39 is 17.5 Å². The molecule has 0 aromatic heterocycles. The molecule has 0 radical (unpaired) electrons. The van der Waals surface area contributed by atoms with Gasteiger partial charge in [-0.25, -0.2) is 8.78 Å². The molecule has 2 rings (SSSR count). The Kier molecular flexibility index (Phi) is 3.99. The van der Waals surface area contributed by atoms with Crippen LogP contribution in [0.25, 0.3) is 0 Å². The van der Waals surface area contributed by atoms with Gasteiger partial charge in [0.1, 0.15) is 11.6 Å². The molecule has 1 amide bonds. The molecule has 1 aliphatic rings. The molecule has 6 heteroatoms. The third-order valence-electron chi connectivity index (χ3n) is 3.38. The van der Waals surface area contributed by atoms with Crippen molar-refractivity contribution < 1.29 is 18.7 Å². The number of nitrogen functional groups attached to an aromatic ring is 1. The minimum Gasteiger partial charge on any atom is -0.396 e. The monoisotopic (exact) mass is 270 g/mol. The van der Waals surface area contributed by atoms with Crippen molar-refractivity contribution in [3.63, 3.8) is 0 Å². The van der Waals surface area contributed by atoms with E-state index in [1.165, 1.54) is 4.90 Å². The highest BCUT2D eigenvalue weighted by atomic mass is 19.1. The van der Waals surface area contributed by atoms with Crippen LogP contribution in [0.2, 0.25) is 0 Å². The molecule has 4 nitrogen and oxygen atoms in total. The number of nitrogens with zero attached hydrogens (tertiary/aromatic N) is 1. The van der Waals surface area contributed by atoms with E-state index in [4.69, 9.17) is 10.8 Å². The molecular weight excluding hydrogens is 254 g/mol. The van der Waals surface area contributed by atoms with Crippen molar-refractivity contribution in [3.8, 4) is 0 Å². The summed E-state index contributed by atoms with van der Waals surface area (Å²) in [6.07, 6.45) is 1.60. The highest BCUT2D eigenvalue weighted by Gasteiger charge is 2.26. The van der Waals surface area contributed by atoms with E-state index in [1.807, 2.05) is 0 Å². The van der Waals surface area contributed by atoms with Crippen LogP contribution in [0, 0.1) is 17.6 Å². The van der Waals surface area contributed by atoms with Gasteiger partial charge in [-0.1, -0.05) is 0 Å². The Morgan fingerprint density at radius 1 is 1.42 bits per heavy atom. The molecule has 3 N–H and O–H groups in total. The van der Waals surface area contributed by atoms with E-state index in [1.54, 1.807) is 0 Å².